The Morgan fingerprint density at radius 2 is 2.04 bits per heavy atom. The second-order valence-corrected chi connectivity index (χ2v) is 7.29. The lowest BCUT2D eigenvalue weighted by Crippen LogP contribution is -2.05. The fourth-order valence-corrected chi connectivity index (χ4v) is 4.12. The number of carbonyl (C=O) groups excluding carboxylic acids is 1. The van der Waals surface area contributed by atoms with Crippen LogP contribution in [-0.4, -0.2) is 17.6 Å². The molecule has 0 aliphatic heterocycles. The first kappa shape index (κ1) is 19.0. The van der Waals surface area contributed by atoms with Gasteiger partial charge in [-0.15, -0.1) is 11.3 Å². The van der Waals surface area contributed by atoms with Gasteiger partial charge in [0.1, 0.15) is 11.8 Å². The van der Waals surface area contributed by atoms with Crippen molar-refractivity contribution in [1.29, 1.82) is 0 Å². The van der Waals surface area contributed by atoms with E-state index in [4.69, 9.17) is 21.1 Å². The predicted octanol–water partition coefficient (Wildman–Crippen LogP) is 5.75. The molecule has 0 bridgehead atoms. The Bertz CT molecular complexity index is 973. The number of benzene rings is 1. The molecule has 0 N–H and O–H groups in total. The van der Waals surface area contributed by atoms with Crippen LogP contribution in [-0.2, 0) is 11.3 Å². The van der Waals surface area contributed by atoms with Crippen LogP contribution >= 0.6 is 38.9 Å². The summed E-state index contributed by atoms with van der Waals surface area (Å²) in [5.41, 5.74) is 0.846. The quantitative estimate of drug-likeness (QED) is 0.358. The topological polar surface area (TPSA) is 48.4 Å². The number of carbonyl (C=O) groups is 1. The Labute approximate surface area is 164 Å². The molecule has 1 aromatic carbocycles. The summed E-state index contributed by atoms with van der Waals surface area (Å²) >= 11 is 10.4. The fourth-order valence-electron chi connectivity index (χ4n) is 2.34. The van der Waals surface area contributed by atoms with Crippen LogP contribution in [0.5, 0.6) is 5.75 Å². The van der Waals surface area contributed by atoms with Gasteiger partial charge in [0.2, 0.25) is 0 Å². The Balaban J connectivity index is 1.95. The fraction of sp³-hybridized carbons (Fsp3) is 0.176. The number of esters is 1. The van der Waals surface area contributed by atoms with Crippen LogP contribution in [0.1, 0.15) is 22.8 Å². The molecule has 2 heterocycles. The van der Waals surface area contributed by atoms with Crippen molar-refractivity contribution < 1.29 is 23.0 Å². The van der Waals surface area contributed by atoms with Crippen LogP contribution < -0.4 is 4.74 Å². The molecule has 3 rings (SSSR count). The minimum absolute atomic E-state index is 0.136. The molecule has 136 valence electrons. The maximum Gasteiger partial charge on any atom is 0.341 e. The van der Waals surface area contributed by atoms with E-state index in [2.05, 4.69) is 20.9 Å². The molecular weight excluding hydrogens is 452 g/mol. The van der Waals surface area contributed by atoms with Crippen molar-refractivity contribution >= 4 is 54.9 Å². The van der Waals surface area contributed by atoms with E-state index in [1.54, 1.807) is 12.3 Å². The number of halogens is 4. The third kappa shape index (κ3) is 3.67. The molecule has 0 aliphatic carbocycles. The summed E-state index contributed by atoms with van der Waals surface area (Å²) in [6.07, 6.45) is 1.35. The van der Waals surface area contributed by atoms with E-state index >= 15 is 0 Å². The normalized spacial score (nSPS) is 11.0. The maximum absolute atomic E-state index is 13.9. The first-order chi connectivity index (χ1) is 12.4. The summed E-state index contributed by atoms with van der Waals surface area (Å²) in [6, 6.07) is 2.22. The van der Waals surface area contributed by atoms with Crippen LogP contribution in [0, 0.1) is 11.6 Å². The molecule has 0 amide bonds. The van der Waals surface area contributed by atoms with E-state index < -0.39 is 23.4 Å². The molecule has 26 heavy (non-hydrogen) atoms. The van der Waals surface area contributed by atoms with Gasteiger partial charge in [0, 0.05) is 21.6 Å². The number of fused-ring (bicyclic) bond motifs is 1. The zero-order chi connectivity index (χ0) is 18.8. The van der Waals surface area contributed by atoms with Crippen molar-refractivity contribution in [2.45, 2.75) is 13.5 Å². The first-order valence-corrected chi connectivity index (χ1v) is 9.46. The summed E-state index contributed by atoms with van der Waals surface area (Å²) in [7, 11) is 0. The van der Waals surface area contributed by atoms with Crippen molar-refractivity contribution in [2.24, 2.45) is 0 Å². The van der Waals surface area contributed by atoms with E-state index in [-0.39, 0.29) is 28.4 Å². The van der Waals surface area contributed by atoms with Gasteiger partial charge < -0.3 is 9.47 Å². The Kier molecular flexibility index (Phi) is 5.74. The minimum atomic E-state index is -0.826. The zero-order valence-electron chi connectivity index (χ0n) is 13.3. The van der Waals surface area contributed by atoms with Crippen LogP contribution in [0.3, 0.4) is 0 Å². The minimum Gasteiger partial charge on any atom is -0.483 e. The number of hydrogen-bond acceptors (Lipinski definition) is 5. The van der Waals surface area contributed by atoms with Crippen LogP contribution in [0.2, 0.25) is 5.15 Å². The third-order valence-electron chi connectivity index (χ3n) is 3.46. The molecule has 0 aliphatic rings. The number of pyridine rings is 1. The Hall–Kier alpha value is -1.77. The second kappa shape index (κ2) is 7.85. The highest BCUT2D eigenvalue weighted by Crippen LogP contribution is 2.35. The standard InChI is InChI=1S/C17H11BrClF2NO3S/c1-2-24-17(23)10-5-22-16(19)13-8(7-26-15(10)13)6-25-14-11(20)3-9(18)4-12(14)21/h3-5,7H,2,6H2,1H3. The number of hydrogen-bond donors (Lipinski definition) is 0. The highest BCUT2D eigenvalue weighted by molar-refractivity contribution is 9.10. The molecule has 2 aromatic heterocycles. The summed E-state index contributed by atoms with van der Waals surface area (Å²) in [6.45, 7) is 1.79. The molecule has 0 radical (unpaired) electrons. The molecule has 0 fully saturated rings. The van der Waals surface area contributed by atoms with E-state index in [9.17, 15) is 13.6 Å². The van der Waals surface area contributed by atoms with Gasteiger partial charge in [0.05, 0.1) is 16.9 Å². The number of ether oxygens (including phenoxy) is 2. The van der Waals surface area contributed by atoms with Gasteiger partial charge in [0.15, 0.2) is 17.4 Å². The summed E-state index contributed by atoms with van der Waals surface area (Å²) in [5, 5.41) is 2.38. The molecule has 3 aromatic rings. The highest BCUT2D eigenvalue weighted by atomic mass is 79.9. The summed E-state index contributed by atoms with van der Waals surface area (Å²) < 4.78 is 39.0. The molecule has 9 heteroatoms. The molecule has 0 atom stereocenters. The number of nitrogens with zero attached hydrogens (tertiary/aromatic N) is 1. The Morgan fingerprint density at radius 3 is 2.69 bits per heavy atom. The number of rotatable bonds is 5. The van der Waals surface area contributed by atoms with Gasteiger partial charge in [-0.2, -0.15) is 0 Å². The third-order valence-corrected chi connectivity index (χ3v) is 5.26. The molecule has 4 nitrogen and oxygen atoms in total. The Morgan fingerprint density at radius 1 is 1.35 bits per heavy atom. The first-order valence-electron chi connectivity index (χ1n) is 7.41. The van der Waals surface area contributed by atoms with Crippen molar-refractivity contribution in [3.05, 3.63) is 56.1 Å². The van der Waals surface area contributed by atoms with Crippen LogP contribution in [0.4, 0.5) is 8.78 Å². The van der Waals surface area contributed by atoms with E-state index in [0.717, 1.165) is 12.1 Å². The van der Waals surface area contributed by atoms with Gasteiger partial charge in [-0.3, -0.25) is 0 Å². The molecular formula is C17H11BrClF2NO3S. The SMILES string of the molecule is CCOC(=O)c1cnc(Cl)c2c(COc3c(F)cc(Br)cc3F)csc12. The average molecular weight is 463 g/mol. The van der Waals surface area contributed by atoms with Crippen LogP contribution in [0.15, 0.2) is 28.2 Å². The maximum atomic E-state index is 13.9. The highest BCUT2D eigenvalue weighted by Gasteiger charge is 2.20. The van der Waals surface area contributed by atoms with Crippen molar-refractivity contribution in [1.82, 2.24) is 4.98 Å². The van der Waals surface area contributed by atoms with Gasteiger partial charge in [-0.1, -0.05) is 27.5 Å². The van der Waals surface area contributed by atoms with Crippen molar-refractivity contribution in [3.8, 4) is 5.75 Å². The summed E-state index contributed by atoms with van der Waals surface area (Å²) in [4.78, 5) is 16.1. The van der Waals surface area contributed by atoms with Gasteiger partial charge >= 0.3 is 5.97 Å². The van der Waals surface area contributed by atoms with E-state index in [1.807, 2.05) is 0 Å². The van der Waals surface area contributed by atoms with Crippen LogP contribution in [0.25, 0.3) is 10.1 Å². The molecule has 0 unspecified atom stereocenters. The predicted molar refractivity (Wildman–Crippen MR) is 99.0 cm³/mol. The number of aromatic nitrogens is 1. The molecule has 0 saturated heterocycles. The lowest BCUT2D eigenvalue weighted by Gasteiger charge is -2.09. The lowest BCUT2D eigenvalue weighted by atomic mass is 10.2. The van der Waals surface area contributed by atoms with Crippen molar-refractivity contribution in [3.63, 3.8) is 0 Å². The van der Waals surface area contributed by atoms with Gasteiger partial charge in [-0.05, 0) is 24.4 Å². The monoisotopic (exact) mass is 461 g/mol. The second-order valence-electron chi connectivity index (χ2n) is 5.14. The molecule has 0 saturated carbocycles. The summed E-state index contributed by atoms with van der Waals surface area (Å²) in [5.74, 6) is -2.65. The zero-order valence-corrected chi connectivity index (χ0v) is 16.5. The van der Waals surface area contributed by atoms with E-state index in [1.165, 1.54) is 17.5 Å². The largest absolute Gasteiger partial charge is 0.483 e. The number of thiophene rings is 1. The smallest absolute Gasteiger partial charge is 0.341 e. The lowest BCUT2D eigenvalue weighted by molar-refractivity contribution is 0.0528. The van der Waals surface area contributed by atoms with Gasteiger partial charge in [-0.25, -0.2) is 18.6 Å². The van der Waals surface area contributed by atoms with E-state index in [0.29, 0.717) is 15.6 Å². The van der Waals surface area contributed by atoms with Gasteiger partial charge in [0.25, 0.3) is 0 Å². The van der Waals surface area contributed by atoms with Crippen molar-refractivity contribution in [2.75, 3.05) is 6.61 Å². The molecule has 0 spiro atoms. The average Bonchev–Trinajstić information content (AvgIpc) is 2.99.